The maximum atomic E-state index is 12.4. The van der Waals surface area contributed by atoms with E-state index in [0.717, 1.165) is 0 Å². The van der Waals surface area contributed by atoms with Crippen molar-refractivity contribution in [1.29, 1.82) is 0 Å². The molecule has 0 spiro atoms. The molecule has 1 N–H and O–H groups in total. The number of aromatic nitrogens is 3. The molecule has 0 aliphatic heterocycles. The molecule has 23 heavy (non-hydrogen) atoms. The molecule has 0 aromatic carbocycles. The van der Waals surface area contributed by atoms with Crippen molar-refractivity contribution in [2.45, 2.75) is 20.0 Å². The number of nitrogens with one attached hydrogen (secondary N) is 1. The minimum atomic E-state index is -4.63. The molecule has 0 aliphatic carbocycles. The van der Waals surface area contributed by atoms with Gasteiger partial charge >= 0.3 is 12.1 Å². The van der Waals surface area contributed by atoms with Gasteiger partial charge in [0.1, 0.15) is 11.2 Å². The lowest BCUT2D eigenvalue weighted by Crippen LogP contribution is -2.21. The van der Waals surface area contributed by atoms with E-state index in [1.54, 1.807) is 6.92 Å². The third-order valence-electron chi connectivity index (χ3n) is 2.96. The van der Waals surface area contributed by atoms with Gasteiger partial charge in [0.05, 0.1) is 6.61 Å². The Hall–Kier alpha value is -2.52. The SMILES string of the molecule is CCOC(=O)c1c(OCC(F)(F)F)c2c(=O)[nH]c(C)nc2n1C. The highest BCUT2D eigenvalue weighted by molar-refractivity contribution is 6.00. The first-order valence-electron chi connectivity index (χ1n) is 6.61. The first kappa shape index (κ1) is 16.8. The Labute approximate surface area is 128 Å². The van der Waals surface area contributed by atoms with Crippen LogP contribution in [0.5, 0.6) is 5.75 Å². The number of fused-ring (bicyclic) bond motifs is 1. The van der Waals surface area contributed by atoms with Crippen molar-refractivity contribution in [3.63, 3.8) is 0 Å². The number of carbonyl (C=O) groups excluding carboxylic acids is 1. The molecular weight excluding hydrogens is 319 g/mol. The smallest absolute Gasteiger partial charge is 0.422 e. The number of hydrogen-bond donors (Lipinski definition) is 1. The zero-order valence-electron chi connectivity index (χ0n) is 12.6. The van der Waals surface area contributed by atoms with E-state index >= 15 is 0 Å². The molecule has 2 aromatic heterocycles. The van der Waals surface area contributed by atoms with Gasteiger partial charge < -0.3 is 19.0 Å². The highest BCUT2D eigenvalue weighted by atomic mass is 19.4. The van der Waals surface area contributed by atoms with Crippen molar-refractivity contribution < 1.29 is 27.4 Å². The molecule has 0 amide bonds. The number of esters is 1. The van der Waals surface area contributed by atoms with Crippen LogP contribution < -0.4 is 10.3 Å². The topological polar surface area (TPSA) is 86.2 Å². The van der Waals surface area contributed by atoms with Gasteiger partial charge in [-0.3, -0.25) is 4.79 Å². The average molecular weight is 333 g/mol. The number of alkyl halides is 3. The number of ether oxygens (including phenoxy) is 2. The molecule has 126 valence electrons. The highest BCUT2D eigenvalue weighted by Crippen LogP contribution is 2.31. The first-order chi connectivity index (χ1) is 10.7. The number of halogens is 3. The van der Waals surface area contributed by atoms with E-state index in [1.807, 2.05) is 0 Å². The van der Waals surface area contributed by atoms with Crippen molar-refractivity contribution in [2.24, 2.45) is 7.05 Å². The van der Waals surface area contributed by atoms with E-state index < -0.39 is 30.1 Å². The lowest BCUT2D eigenvalue weighted by Gasteiger charge is -2.10. The molecule has 2 aromatic rings. The summed E-state index contributed by atoms with van der Waals surface area (Å²) in [5.74, 6) is -1.14. The molecule has 0 bridgehead atoms. The van der Waals surface area contributed by atoms with E-state index in [2.05, 4.69) is 9.97 Å². The Morgan fingerprint density at radius 2 is 2.04 bits per heavy atom. The summed E-state index contributed by atoms with van der Waals surface area (Å²) in [6.07, 6.45) is -4.63. The first-order valence-corrected chi connectivity index (χ1v) is 6.61. The molecule has 0 saturated carbocycles. The van der Waals surface area contributed by atoms with E-state index in [9.17, 15) is 22.8 Å². The van der Waals surface area contributed by atoms with Crippen LogP contribution in [0.15, 0.2) is 4.79 Å². The summed E-state index contributed by atoms with van der Waals surface area (Å²) in [5, 5.41) is -0.231. The molecule has 0 aliphatic rings. The summed E-state index contributed by atoms with van der Waals surface area (Å²) in [4.78, 5) is 30.5. The molecule has 0 fully saturated rings. The minimum Gasteiger partial charge on any atom is -0.481 e. The maximum Gasteiger partial charge on any atom is 0.422 e. The van der Waals surface area contributed by atoms with Crippen LogP contribution in [0.2, 0.25) is 0 Å². The monoisotopic (exact) mass is 333 g/mol. The number of rotatable bonds is 4. The number of H-pyrrole nitrogens is 1. The predicted molar refractivity (Wildman–Crippen MR) is 73.6 cm³/mol. The second-order valence-electron chi connectivity index (χ2n) is 4.71. The van der Waals surface area contributed by atoms with Crippen LogP contribution in [-0.4, -0.2) is 39.9 Å². The fourth-order valence-electron chi connectivity index (χ4n) is 2.12. The molecule has 2 rings (SSSR count). The number of aromatic amines is 1. The summed E-state index contributed by atoms with van der Waals surface area (Å²) in [6, 6.07) is 0. The van der Waals surface area contributed by atoms with Crippen LogP contribution in [0.1, 0.15) is 23.2 Å². The maximum absolute atomic E-state index is 12.4. The number of carbonyl (C=O) groups is 1. The molecule has 10 heteroatoms. The predicted octanol–water partition coefficient (Wildman–Crippen LogP) is 1.69. The average Bonchev–Trinajstić information content (AvgIpc) is 2.69. The third-order valence-corrected chi connectivity index (χ3v) is 2.96. The second-order valence-corrected chi connectivity index (χ2v) is 4.71. The normalized spacial score (nSPS) is 11.7. The minimum absolute atomic E-state index is 0.0158. The highest BCUT2D eigenvalue weighted by Gasteiger charge is 2.33. The third kappa shape index (κ3) is 3.30. The van der Waals surface area contributed by atoms with Gasteiger partial charge in [0, 0.05) is 7.05 Å². The lowest BCUT2D eigenvalue weighted by atomic mass is 10.3. The van der Waals surface area contributed by atoms with Crippen LogP contribution >= 0.6 is 0 Å². The Balaban J connectivity index is 2.71. The van der Waals surface area contributed by atoms with Gasteiger partial charge in [0.2, 0.25) is 0 Å². The van der Waals surface area contributed by atoms with Gasteiger partial charge in [-0.2, -0.15) is 13.2 Å². The van der Waals surface area contributed by atoms with Gasteiger partial charge in [-0.15, -0.1) is 0 Å². The van der Waals surface area contributed by atoms with Gasteiger partial charge in [0.15, 0.2) is 23.7 Å². The van der Waals surface area contributed by atoms with Gasteiger partial charge in [0.25, 0.3) is 5.56 Å². The van der Waals surface area contributed by atoms with Crippen molar-refractivity contribution in [3.05, 3.63) is 21.9 Å². The Morgan fingerprint density at radius 1 is 1.39 bits per heavy atom. The van der Waals surface area contributed by atoms with Crippen molar-refractivity contribution in [1.82, 2.24) is 14.5 Å². The van der Waals surface area contributed by atoms with Crippen LogP contribution in [-0.2, 0) is 11.8 Å². The zero-order valence-corrected chi connectivity index (χ0v) is 12.6. The number of nitrogens with zero attached hydrogens (tertiary/aromatic N) is 2. The second kappa shape index (κ2) is 5.94. The van der Waals surface area contributed by atoms with E-state index in [0.29, 0.717) is 0 Å². The van der Waals surface area contributed by atoms with E-state index in [-0.39, 0.29) is 29.2 Å². The van der Waals surface area contributed by atoms with Crippen LogP contribution in [0.4, 0.5) is 13.2 Å². The van der Waals surface area contributed by atoms with Crippen molar-refractivity contribution in [3.8, 4) is 5.75 Å². The van der Waals surface area contributed by atoms with Crippen LogP contribution in [0.25, 0.3) is 11.0 Å². The fraction of sp³-hybridized carbons (Fsp3) is 0.462. The largest absolute Gasteiger partial charge is 0.481 e. The molecular formula is C13H14F3N3O4. The summed E-state index contributed by atoms with van der Waals surface area (Å²) < 4.78 is 48.1. The van der Waals surface area contributed by atoms with Crippen molar-refractivity contribution >= 4 is 17.0 Å². The molecule has 0 atom stereocenters. The van der Waals surface area contributed by atoms with Gasteiger partial charge in [-0.25, -0.2) is 9.78 Å². The quantitative estimate of drug-likeness (QED) is 0.861. The fourth-order valence-corrected chi connectivity index (χ4v) is 2.12. The molecule has 2 heterocycles. The van der Waals surface area contributed by atoms with E-state index in [4.69, 9.17) is 9.47 Å². The van der Waals surface area contributed by atoms with E-state index in [1.165, 1.54) is 18.5 Å². The molecule has 0 radical (unpaired) electrons. The summed E-state index contributed by atoms with van der Waals surface area (Å²) in [5.41, 5.74) is -0.961. The van der Waals surface area contributed by atoms with Crippen LogP contribution in [0.3, 0.4) is 0 Å². The number of aryl methyl sites for hydroxylation is 2. The van der Waals surface area contributed by atoms with Gasteiger partial charge in [-0.1, -0.05) is 0 Å². The standard InChI is InChI=1S/C13H14F3N3O4/c1-4-22-12(21)8-9(23-5-13(14,15)16)7-10(19(8)3)17-6(2)18-11(7)20/h4-5H2,1-3H3,(H,17,18,20). The Morgan fingerprint density at radius 3 is 2.61 bits per heavy atom. The zero-order chi connectivity index (χ0) is 17.4. The molecule has 0 unspecified atom stereocenters. The van der Waals surface area contributed by atoms with Crippen LogP contribution in [0, 0.1) is 6.92 Å². The number of hydrogen-bond acceptors (Lipinski definition) is 5. The molecule has 0 saturated heterocycles. The summed E-state index contributed by atoms with van der Waals surface area (Å²) in [7, 11) is 1.39. The summed E-state index contributed by atoms with van der Waals surface area (Å²) >= 11 is 0. The Kier molecular flexibility index (Phi) is 4.35. The Bertz CT molecular complexity index is 807. The lowest BCUT2D eigenvalue weighted by molar-refractivity contribution is -0.153. The van der Waals surface area contributed by atoms with Crippen molar-refractivity contribution in [2.75, 3.05) is 13.2 Å². The van der Waals surface area contributed by atoms with Gasteiger partial charge in [-0.05, 0) is 13.8 Å². The molecule has 7 nitrogen and oxygen atoms in total. The summed E-state index contributed by atoms with van der Waals surface area (Å²) in [6.45, 7) is 1.42.